The van der Waals surface area contributed by atoms with Gasteiger partial charge in [-0.25, -0.2) is 4.98 Å². The summed E-state index contributed by atoms with van der Waals surface area (Å²) >= 11 is 1.36. The van der Waals surface area contributed by atoms with Crippen LogP contribution in [0.1, 0.15) is 20.3 Å². The molecule has 0 saturated heterocycles. The zero-order valence-electron chi connectivity index (χ0n) is 11.2. The minimum atomic E-state index is -0.397. The number of fused-ring (bicyclic) bond motifs is 1. The summed E-state index contributed by atoms with van der Waals surface area (Å²) in [6.07, 6.45) is 1.88. The molecule has 0 aromatic carbocycles. The van der Waals surface area contributed by atoms with Gasteiger partial charge >= 0.3 is 0 Å². The fourth-order valence-electron chi connectivity index (χ4n) is 1.93. The Morgan fingerprint density at radius 1 is 1.58 bits per heavy atom. The Labute approximate surface area is 116 Å². The van der Waals surface area contributed by atoms with E-state index in [-0.39, 0.29) is 24.3 Å². The van der Waals surface area contributed by atoms with E-state index in [2.05, 4.69) is 10.3 Å². The van der Waals surface area contributed by atoms with Crippen molar-refractivity contribution in [3.8, 4) is 0 Å². The summed E-state index contributed by atoms with van der Waals surface area (Å²) in [5.41, 5.74) is 0.804. The maximum absolute atomic E-state index is 12.2. The van der Waals surface area contributed by atoms with Gasteiger partial charge in [0.2, 0.25) is 11.8 Å². The molecule has 1 atom stereocenters. The first-order valence-corrected chi connectivity index (χ1v) is 7.05. The number of pyridine rings is 1. The van der Waals surface area contributed by atoms with Crippen molar-refractivity contribution in [2.45, 2.75) is 36.6 Å². The van der Waals surface area contributed by atoms with Gasteiger partial charge in [-0.05, 0) is 26.0 Å². The number of anilines is 1. The normalized spacial score (nSPS) is 18.4. The van der Waals surface area contributed by atoms with Crippen LogP contribution < -0.4 is 10.2 Å². The largest absolute Gasteiger partial charge is 0.354 e. The number of rotatable bonds is 3. The summed E-state index contributed by atoms with van der Waals surface area (Å²) in [5, 5.41) is 3.21. The Hall–Kier alpha value is -1.56. The molecule has 0 saturated carbocycles. The number of carbonyl (C=O) groups excluding carboxylic acids is 2. The first kappa shape index (κ1) is 13.9. The molecule has 0 fully saturated rings. The van der Waals surface area contributed by atoms with Gasteiger partial charge in [0.15, 0.2) is 0 Å². The lowest BCUT2D eigenvalue weighted by atomic mass is 10.2. The maximum atomic E-state index is 12.2. The van der Waals surface area contributed by atoms with Crippen LogP contribution in [-0.4, -0.2) is 35.1 Å². The summed E-state index contributed by atoms with van der Waals surface area (Å²) in [7, 11) is 1.72. The molecule has 19 heavy (non-hydrogen) atoms. The number of carbonyl (C=O) groups is 2. The van der Waals surface area contributed by atoms with Crippen LogP contribution in [0.25, 0.3) is 0 Å². The fraction of sp³-hybridized carbons (Fsp3) is 0.462. The molecule has 2 amide bonds. The van der Waals surface area contributed by atoms with Crippen LogP contribution in [-0.2, 0) is 9.59 Å². The smallest absolute Gasteiger partial charge is 0.240 e. The second-order valence-corrected chi connectivity index (χ2v) is 5.95. The molecule has 1 aliphatic rings. The van der Waals surface area contributed by atoms with Crippen molar-refractivity contribution in [2.24, 2.45) is 0 Å². The number of aromatic nitrogens is 1. The average molecular weight is 279 g/mol. The molecule has 0 spiro atoms. The van der Waals surface area contributed by atoms with Crippen LogP contribution in [0.3, 0.4) is 0 Å². The van der Waals surface area contributed by atoms with E-state index in [1.807, 2.05) is 19.9 Å². The molecule has 1 aliphatic heterocycles. The van der Waals surface area contributed by atoms with Crippen LogP contribution in [0.2, 0.25) is 0 Å². The highest BCUT2D eigenvalue weighted by Crippen LogP contribution is 2.37. The van der Waals surface area contributed by atoms with Crippen molar-refractivity contribution >= 4 is 29.3 Å². The van der Waals surface area contributed by atoms with Crippen LogP contribution in [0.15, 0.2) is 23.4 Å². The Morgan fingerprint density at radius 3 is 3.00 bits per heavy atom. The van der Waals surface area contributed by atoms with Crippen molar-refractivity contribution < 1.29 is 9.59 Å². The van der Waals surface area contributed by atoms with Crippen molar-refractivity contribution in [1.82, 2.24) is 10.3 Å². The van der Waals surface area contributed by atoms with E-state index in [1.165, 1.54) is 11.8 Å². The summed E-state index contributed by atoms with van der Waals surface area (Å²) in [6.45, 7) is 3.80. The molecule has 102 valence electrons. The number of thioether (sulfide) groups is 1. The van der Waals surface area contributed by atoms with E-state index in [4.69, 9.17) is 0 Å². The van der Waals surface area contributed by atoms with Gasteiger partial charge in [-0.3, -0.25) is 9.59 Å². The standard InChI is InChI=1S/C13H17N3O2S/c1-8(2)15-11(17)7-10-13(18)16(3)9-5-4-6-14-12(9)19-10/h4-6,8,10H,7H2,1-3H3,(H,15,17)/t10-/m1/s1. The SMILES string of the molecule is CC(C)NC(=O)C[C@H]1Sc2ncccc2N(C)C1=O. The molecule has 2 rings (SSSR count). The predicted octanol–water partition coefficient (Wildman–Crippen LogP) is 1.43. The third-order valence-electron chi connectivity index (χ3n) is 2.79. The highest BCUT2D eigenvalue weighted by molar-refractivity contribution is 8.00. The third-order valence-corrected chi connectivity index (χ3v) is 3.98. The fourth-order valence-corrected chi connectivity index (χ4v) is 3.14. The number of nitrogens with zero attached hydrogens (tertiary/aromatic N) is 2. The summed E-state index contributed by atoms with van der Waals surface area (Å²) in [5.74, 6) is -0.155. The van der Waals surface area contributed by atoms with Gasteiger partial charge in [-0.2, -0.15) is 0 Å². The van der Waals surface area contributed by atoms with Crippen LogP contribution in [0.5, 0.6) is 0 Å². The van der Waals surface area contributed by atoms with Crippen LogP contribution in [0.4, 0.5) is 5.69 Å². The quantitative estimate of drug-likeness (QED) is 0.909. The summed E-state index contributed by atoms with van der Waals surface area (Å²) < 4.78 is 0. The second kappa shape index (κ2) is 5.61. The molecular weight excluding hydrogens is 262 g/mol. The molecule has 0 unspecified atom stereocenters. The lowest BCUT2D eigenvalue weighted by molar-refractivity contribution is -0.125. The molecule has 0 bridgehead atoms. The minimum absolute atomic E-state index is 0.0515. The lowest BCUT2D eigenvalue weighted by Gasteiger charge is -2.29. The van der Waals surface area contributed by atoms with Crippen molar-refractivity contribution in [3.63, 3.8) is 0 Å². The Bertz CT molecular complexity index is 504. The zero-order chi connectivity index (χ0) is 14.0. The summed E-state index contributed by atoms with van der Waals surface area (Å²) in [6, 6.07) is 3.74. The second-order valence-electron chi connectivity index (χ2n) is 4.76. The average Bonchev–Trinajstić information content (AvgIpc) is 2.34. The molecular formula is C13H17N3O2S. The van der Waals surface area contributed by atoms with Crippen molar-refractivity contribution in [3.05, 3.63) is 18.3 Å². The van der Waals surface area contributed by atoms with E-state index >= 15 is 0 Å². The van der Waals surface area contributed by atoms with E-state index in [9.17, 15) is 9.59 Å². The molecule has 2 heterocycles. The molecule has 6 heteroatoms. The lowest BCUT2D eigenvalue weighted by Crippen LogP contribution is -2.42. The summed E-state index contributed by atoms with van der Waals surface area (Å²) in [4.78, 5) is 29.8. The molecule has 1 aromatic heterocycles. The molecule has 5 nitrogen and oxygen atoms in total. The van der Waals surface area contributed by atoms with E-state index in [1.54, 1.807) is 24.2 Å². The molecule has 1 N–H and O–H groups in total. The Balaban J connectivity index is 2.13. The van der Waals surface area contributed by atoms with Gasteiger partial charge < -0.3 is 10.2 Å². The third kappa shape index (κ3) is 3.07. The van der Waals surface area contributed by atoms with Gasteiger partial charge in [-0.15, -0.1) is 0 Å². The predicted molar refractivity (Wildman–Crippen MR) is 75.2 cm³/mol. The number of hydrogen-bond acceptors (Lipinski definition) is 4. The van der Waals surface area contributed by atoms with E-state index < -0.39 is 5.25 Å². The van der Waals surface area contributed by atoms with Gasteiger partial charge in [-0.1, -0.05) is 11.8 Å². The van der Waals surface area contributed by atoms with Crippen molar-refractivity contribution in [1.29, 1.82) is 0 Å². The van der Waals surface area contributed by atoms with E-state index in [0.717, 1.165) is 10.7 Å². The van der Waals surface area contributed by atoms with Crippen LogP contribution in [0, 0.1) is 0 Å². The number of amides is 2. The molecule has 0 aliphatic carbocycles. The Morgan fingerprint density at radius 2 is 2.32 bits per heavy atom. The topological polar surface area (TPSA) is 62.3 Å². The monoisotopic (exact) mass is 279 g/mol. The van der Waals surface area contributed by atoms with Crippen LogP contribution >= 0.6 is 11.8 Å². The highest BCUT2D eigenvalue weighted by atomic mass is 32.2. The van der Waals surface area contributed by atoms with Gasteiger partial charge in [0.25, 0.3) is 0 Å². The van der Waals surface area contributed by atoms with E-state index in [0.29, 0.717) is 0 Å². The molecule has 1 aromatic rings. The molecule has 0 radical (unpaired) electrons. The van der Waals surface area contributed by atoms with Gasteiger partial charge in [0, 0.05) is 25.7 Å². The highest BCUT2D eigenvalue weighted by Gasteiger charge is 2.33. The Kier molecular flexibility index (Phi) is 4.09. The van der Waals surface area contributed by atoms with Gasteiger partial charge in [0.1, 0.15) is 5.03 Å². The first-order valence-electron chi connectivity index (χ1n) is 6.17. The first-order chi connectivity index (χ1) is 8.99. The zero-order valence-corrected chi connectivity index (χ0v) is 12.0. The maximum Gasteiger partial charge on any atom is 0.240 e. The number of hydrogen-bond donors (Lipinski definition) is 1. The number of nitrogens with one attached hydrogen (secondary N) is 1. The van der Waals surface area contributed by atoms with Gasteiger partial charge in [0.05, 0.1) is 10.9 Å². The van der Waals surface area contributed by atoms with Crippen molar-refractivity contribution in [2.75, 3.05) is 11.9 Å². The minimum Gasteiger partial charge on any atom is -0.354 e.